The zero-order valence-corrected chi connectivity index (χ0v) is 15.8. The average molecular weight is 389 g/mol. The molecule has 0 atom stereocenters. The molecule has 3 aromatic rings. The first kappa shape index (κ1) is 19.8. The normalized spacial score (nSPS) is 10.6. The SMILES string of the molecule is C#CCOc1ccccc1/C=C/c1cc(=O)oc2cc(NC(=O)OCC)ccc12. The molecule has 0 aliphatic rings. The third-order valence-electron chi connectivity index (χ3n) is 3.97. The van der Waals surface area contributed by atoms with Gasteiger partial charge in [0.1, 0.15) is 17.9 Å². The first-order valence-corrected chi connectivity index (χ1v) is 8.95. The summed E-state index contributed by atoms with van der Waals surface area (Å²) in [7, 11) is 0. The van der Waals surface area contributed by atoms with Gasteiger partial charge < -0.3 is 13.9 Å². The summed E-state index contributed by atoms with van der Waals surface area (Å²) in [6, 6.07) is 13.9. The molecule has 0 bridgehead atoms. The Morgan fingerprint density at radius 2 is 1.97 bits per heavy atom. The molecule has 1 amide bonds. The molecule has 6 nitrogen and oxygen atoms in total. The number of carbonyl (C=O) groups excluding carboxylic acids is 1. The molecule has 29 heavy (non-hydrogen) atoms. The summed E-state index contributed by atoms with van der Waals surface area (Å²) in [6.45, 7) is 2.14. The first-order chi connectivity index (χ1) is 14.1. The molecule has 0 unspecified atom stereocenters. The fourth-order valence-corrected chi connectivity index (χ4v) is 2.74. The zero-order chi connectivity index (χ0) is 20.6. The molecule has 3 rings (SSSR count). The van der Waals surface area contributed by atoms with Crippen LogP contribution in [0.3, 0.4) is 0 Å². The summed E-state index contributed by atoms with van der Waals surface area (Å²) >= 11 is 0. The number of ether oxygens (including phenoxy) is 2. The quantitative estimate of drug-likeness (QED) is 0.495. The lowest BCUT2D eigenvalue weighted by Crippen LogP contribution is -2.13. The molecule has 0 aliphatic carbocycles. The van der Waals surface area contributed by atoms with Crippen LogP contribution in [-0.2, 0) is 4.74 Å². The van der Waals surface area contributed by atoms with Crippen LogP contribution in [0.15, 0.2) is 57.7 Å². The monoisotopic (exact) mass is 389 g/mol. The average Bonchev–Trinajstić information content (AvgIpc) is 2.70. The largest absolute Gasteiger partial charge is 0.480 e. The Bertz CT molecular complexity index is 1150. The number of carbonyl (C=O) groups is 1. The Morgan fingerprint density at radius 1 is 1.17 bits per heavy atom. The first-order valence-electron chi connectivity index (χ1n) is 8.95. The maximum atomic E-state index is 12.0. The Labute approximate surface area is 167 Å². The van der Waals surface area contributed by atoms with E-state index >= 15 is 0 Å². The molecule has 0 fully saturated rings. The van der Waals surface area contributed by atoms with Crippen LogP contribution in [0.25, 0.3) is 23.1 Å². The fraction of sp³-hybridized carbons (Fsp3) is 0.130. The van der Waals surface area contributed by atoms with E-state index in [0.717, 1.165) is 10.9 Å². The molecule has 0 radical (unpaired) electrons. The van der Waals surface area contributed by atoms with Crippen molar-refractivity contribution in [2.75, 3.05) is 18.5 Å². The lowest BCUT2D eigenvalue weighted by atomic mass is 10.1. The second-order valence-corrected chi connectivity index (χ2v) is 5.94. The highest BCUT2D eigenvalue weighted by molar-refractivity contribution is 5.93. The van der Waals surface area contributed by atoms with Gasteiger partial charge in [-0.15, -0.1) is 6.42 Å². The predicted molar refractivity (Wildman–Crippen MR) is 113 cm³/mol. The number of hydrogen-bond donors (Lipinski definition) is 1. The van der Waals surface area contributed by atoms with Crippen LogP contribution in [0, 0.1) is 12.3 Å². The van der Waals surface area contributed by atoms with Gasteiger partial charge in [0, 0.05) is 28.8 Å². The van der Waals surface area contributed by atoms with E-state index in [1.807, 2.05) is 30.3 Å². The molecule has 146 valence electrons. The summed E-state index contributed by atoms with van der Waals surface area (Å²) in [4.78, 5) is 23.6. The van der Waals surface area contributed by atoms with Crippen molar-refractivity contribution in [3.05, 3.63) is 70.1 Å². The van der Waals surface area contributed by atoms with Crippen LogP contribution in [0.4, 0.5) is 10.5 Å². The molecule has 0 aliphatic heterocycles. The van der Waals surface area contributed by atoms with Crippen molar-refractivity contribution in [3.8, 4) is 18.1 Å². The summed E-state index contributed by atoms with van der Waals surface area (Å²) in [5.41, 5.74) is 1.81. The number of fused-ring (bicyclic) bond motifs is 1. The van der Waals surface area contributed by atoms with E-state index in [1.54, 1.807) is 31.2 Å². The number of benzene rings is 2. The lowest BCUT2D eigenvalue weighted by Gasteiger charge is -2.08. The number of anilines is 1. The Morgan fingerprint density at radius 3 is 2.76 bits per heavy atom. The van der Waals surface area contributed by atoms with E-state index in [9.17, 15) is 9.59 Å². The van der Waals surface area contributed by atoms with E-state index in [1.165, 1.54) is 6.07 Å². The maximum absolute atomic E-state index is 12.0. The number of terminal acetylenes is 1. The van der Waals surface area contributed by atoms with Crippen molar-refractivity contribution in [2.24, 2.45) is 0 Å². The number of hydrogen-bond acceptors (Lipinski definition) is 5. The van der Waals surface area contributed by atoms with Crippen molar-refractivity contribution >= 4 is 34.9 Å². The van der Waals surface area contributed by atoms with Gasteiger partial charge in [-0.2, -0.15) is 0 Å². The van der Waals surface area contributed by atoms with Gasteiger partial charge in [0.15, 0.2) is 0 Å². The molecule has 1 aromatic heterocycles. The second kappa shape index (κ2) is 9.29. The van der Waals surface area contributed by atoms with Gasteiger partial charge in [-0.3, -0.25) is 5.32 Å². The minimum Gasteiger partial charge on any atom is -0.480 e. The van der Waals surface area contributed by atoms with Gasteiger partial charge in [0.05, 0.1) is 6.61 Å². The third kappa shape index (κ3) is 5.05. The van der Waals surface area contributed by atoms with Gasteiger partial charge in [0.2, 0.25) is 0 Å². The molecular weight excluding hydrogens is 370 g/mol. The minimum absolute atomic E-state index is 0.166. The van der Waals surface area contributed by atoms with E-state index in [4.69, 9.17) is 20.3 Å². The molecule has 6 heteroatoms. The van der Waals surface area contributed by atoms with E-state index in [0.29, 0.717) is 22.6 Å². The highest BCUT2D eigenvalue weighted by Gasteiger charge is 2.08. The van der Waals surface area contributed by atoms with Gasteiger partial charge in [-0.1, -0.05) is 36.3 Å². The molecule has 1 heterocycles. The van der Waals surface area contributed by atoms with Crippen LogP contribution in [0.2, 0.25) is 0 Å². The van der Waals surface area contributed by atoms with Crippen molar-refractivity contribution in [1.82, 2.24) is 0 Å². The van der Waals surface area contributed by atoms with Crippen molar-refractivity contribution < 1.29 is 18.7 Å². The van der Waals surface area contributed by atoms with Gasteiger partial charge in [-0.05, 0) is 30.7 Å². The lowest BCUT2D eigenvalue weighted by molar-refractivity contribution is 0.168. The molecule has 0 spiro atoms. The van der Waals surface area contributed by atoms with Gasteiger partial charge in [0.25, 0.3) is 0 Å². The molecule has 2 aromatic carbocycles. The van der Waals surface area contributed by atoms with Crippen molar-refractivity contribution in [3.63, 3.8) is 0 Å². The molecule has 1 N–H and O–H groups in total. The van der Waals surface area contributed by atoms with Crippen molar-refractivity contribution in [2.45, 2.75) is 6.92 Å². The molecule has 0 saturated carbocycles. The summed E-state index contributed by atoms with van der Waals surface area (Å²) in [6.07, 6.45) is 8.32. The number of amides is 1. The molecule has 0 saturated heterocycles. The van der Waals surface area contributed by atoms with E-state index < -0.39 is 11.7 Å². The highest BCUT2D eigenvalue weighted by Crippen LogP contribution is 2.25. The van der Waals surface area contributed by atoms with Crippen LogP contribution < -0.4 is 15.7 Å². The van der Waals surface area contributed by atoms with E-state index in [-0.39, 0.29) is 13.2 Å². The van der Waals surface area contributed by atoms with Gasteiger partial charge >= 0.3 is 11.7 Å². The minimum atomic E-state index is -0.575. The zero-order valence-electron chi connectivity index (χ0n) is 15.8. The number of rotatable bonds is 6. The standard InChI is InChI=1S/C23H19NO5/c1-3-13-28-20-8-6-5-7-16(20)9-10-17-14-22(25)29-21-15-18(11-12-19(17)21)24-23(26)27-4-2/h1,5-12,14-15H,4,13H2,2H3,(H,24,26)/b10-9+. The summed E-state index contributed by atoms with van der Waals surface area (Å²) < 4.78 is 15.7. The summed E-state index contributed by atoms with van der Waals surface area (Å²) in [5.74, 6) is 3.08. The van der Waals surface area contributed by atoms with Crippen molar-refractivity contribution in [1.29, 1.82) is 0 Å². The Hall–Kier alpha value is -3.98. The van der Waals surface area contributed by atoms with Crippen LogP contribution in [0.5, 0.6) is 5.75 Å². The third-order valence-corrected chi connectivity index (χ3v) is 3.97. The number of para-hydroxylation sites is 1. The van der Waals surface area contributed by atoms with E-state index in [2.05, 4.69) is 11.2 Å². The predicted octanol–water partition coefficient (Wildman–Crippen LogP) is 4.54. The fourth-order valence-electron chi connectivity index (χ4n) is 2.74. The smallest absolute Gasteiger partial charge is 0.411 e. The highest BCUT2D eigenvalue weighted by atomic mass is 16.5. The number of nitrogens with one attached hydrogen (secondary N) is 1. The van der Waals surface area contributed by atoms with Crippen LogP contribution in [-0.4, -0.2) is 19.3 Å². The maximum Gasteiger partial charge on any atom is 0.411 e. The Kier molecular flexibility index (Phi) is 6.33. The second-order valence-electron chi connectivity index (χ2n) is 5.94. The Balaban J connectivity index is 1.94. The topological polar surface area (TPSA) is 77.8 Å². The summed E-state index contributed by atoms with van der Waals surface area (Å²) in [5, 5.41) is 3.30. The molecular formula is C23H19NO5. The van der Waals surface area contributed by atoms with Crippen LogP contribution >= 0.6 is 0 Å². The van der Waals surface area contributed by atoms with Crippen LogP contribution in [0.1, 0.15) is 18.1 Å². The van der Waals surface area contributed by atoms with Gasteiger partial charge in [-0.25, -0.2) is 9.59 Å².